The van der Waals surface area contributed by atoms with Crippen molar-refractivity contribution in [3.63, 3.8) is 0 Å². The zero-order valence-corrected chi connectivity index (χ0v) is 9.86. The molecule has 1 aromatic rings. The normalized spacial score (nSPS) is 10.2. The van der Waals surface area contributed by atoms with Crippen molar-refractivity contribution in [2.45, 2.75) is 20.3 Å². The number of nitro groups is 1. The highest BCUT2D eigenvalue weighted by molar-refractivity contribution is 7.54. The number of hydrogen-bond acceptors (Lipinski definition) is 4. The maximum absolute atomic E-state index is 10.8. The fourth-order valence-electron chi connectivity index (χ4n) is 1.43. The monoisotopic (exact) mass is 240 g/mol. The molecule has 86 valence electrons. The molecule has 0 heterocycles. The first-order valence-electron chi connectivity index (χ1n) is 4.82. The van der Waals surface area contributed by atoms with Gasteiger partial charge >= 0.3 is 0 Å². The summed E-state index contributed by atoms with van der Waals surface area (Å²) >= 11 is -0.0234. The van der Waals surface area contributed by atoms with Gasteiger partial charge in [-0.2, -0.15) is 4.21 Å². The average molecular weight is 240 g/mol. The number of nitrogens with zero attached hydrogens (tertiary/aromatic N) is 2. The first-order chi connectivity index (χ1) is 7.54. The second kappa shape index (κ2) is 5.50. The van der Waals surface area contributed by atoms with Crippen LogP contribution in [0.4, 0.5) is 11.4 Å². The third-order valence-corrected chi connectivity index (χ3v) is 2.29. The molecule has 5 nitrogen and oxygen atoms in total. The van der Waals surface area contributed by atoms with E-state index in [1.165, 1.54) is 12.1 Å². The minimum Gasteiger partial charge on any atom is -0.258 e. The van der Waals surface area contributed by atoms with E-state index < -0.39 is 4.92 Å². The van der Waals surface area contributed by atoms with Crippen molar-refractivity contribution in [2.75, 3.05) is 0 Å². The standard InChI is InChI=1S/C10H12N2O3S/c1-7(2)5-8-3-4-9(11-16-15)10(6-8)12(13)14/h3-4,6-7H,5H2,1-2H3. The fraction of sp³-hybridized carbons (Fsp3) is 0.400. The molecule has 0 saturated heterocycles. The van der Waals surface area contributed by atoms with Crippen LogP contribution >= 0.6 is 0 Å². The quantitative estimate of drug-likeness (QED) is 0.600. The summed E-state index contributed by atoms with van der Waals surface area (Å²) in [6.45, 7) is 4.08. The van der Waals surface area contributed by atoms with Gasteiger partial charge in [0.25, 0.3) is 5.69 Å². The third-order valence-electron chi connectivity index (χ3n) is 2.02. The molecule has 0 aliphatic rings. The second-order valence-electron chi connectivity index (χ2n) is 3.84. The Morgan fingerprint density at radius 3 is 2.69 bits per heavy atom. The molecule has 0 bridgehead atoms. The Balaban J connectivity index is 3.17. The highest BCUT2D eigenvalue weighted by atomic mass is 32.1. The van der Waals surface area contributed by atoms with E-state index in [1.54, 1.807) is 6.07 Å². The van der Waals surface area contributed by atoms with Crippen molar-refractivity contribution in [2.24, 2.45) is 10.3 Å². The summed E-state index contributed by atoms with van der Waals surface area (Å²) in [5.41, 5.74) is 0.899. The van der Waals surface area contributed by atoms with Gasteiger partial charge in [-0.1, -0.05) is 19.9 Å². The van der Waals surface area contributed by atoms with Crippen LogP contribution in [0.25, 0.3) is 0 Å². The van der Waals surface area contributed by atoms with Gasteiger partial charge in [0, 0.05) is 6.07 Å². The Morgan fingerprint density at radius 2 is 2.19 bits per heavy atom. The van der Waals surface area contributed by atoms with E-state index >= 15 is 0 Å². The van der Waals surface area contributed by atoms with Gasteiger partial charge in [0.05, 0.1) is 4.92 Å². The third kappa shape index (κ3) is 3.23. The average Bonchev–Trinajstić information content (AvgIpc) is 2.19. The molecule has 0 radical (unpaired) electrons. The molecular weight excluding hydrogens is 228 g/mol. The van der Waals surface area contributed by atoms with Gasteiger partial charge in [-0.15, -0.1) is 4.36 Å². The number of benzene rings is 1. The summed E-state index contributed by atoms with van der Waals surface area (Å²) in [7, 11) is 0. The Kier molecular flexibility index (Phi) is 4.30. The predicted octanol–water partition coefficient (Wildman–Crippen LogP) is 2.82. The van der Waals surface area contributed by atoms with E-state index in [1.807, 2.05) is 13.8 Å². The fourth-order valence-corrected chi connectivity index (χ4v) is 1.67. The van der Waals surface area contributed by atoms with E-state index in [0.717, 1.165) is 12.0 Å². The summed E-state index contributed by atoms with van der Waals surface area (Å²) in [5, 5.41) is 10.8. The van der Waals surface area contributed by atoms with Gasteiger partial charge in [0.1, 0.15) is 0 Å². The van der Waals surface area contributed by atoms with E-state index in [9.17, 15) is 14.3 Å². The van der Waals surface area contributed by atoms with Crippen molar-refractivity contribution in [1.82, 2.24) is 0 Å². The lowest BCUT2D eigenvalue weighted by Gasteiger charge is -2.05. The lowest BCUT2D eigenvalue weighted by Crippen LogP contribution is -1.96. The molecule has 16 heavy (non-hydrogen) atoms. The molecule has 0 atom stereocenters. The van der Waals surface area contributed by atoms with Crippen LogP contribution in [-0.2, 0) is 17.9 Å². The summed E-state index contributed by atoms with van der Waals surface area (Å²) in [4.78, 5) is 10.3. The zero-order valence-electron chi connectivity index (χ0n) is 9.04. The van der Waals surface area contributed by atoms with Crippen LogP contribution in [-0.4, -0.2) is 9.13 Å². The van der Waals surface area contributed by atoms with Crippen LogP contribution in [0.15, 0.2) is 22.6 Å². The highest BCUT2D eigenvalue weighted by Crippen LogP contribution is 2.28. The van der Waals surface area contributed by atoms with E-state index in [2.05, 4.69) is 4.36 Å². The number of rotatable bonds is 4. The van der Waals surface area contributed by atoms with Crippen LogP contribution in [0.2, 0.25) is 0 Å². The zero-order chi connectivity index (χ0) is 12.1. The molecule has 0 aliphatic carbocycles. The van der Waals surface area contributed by atoms with Crippen molar-refractivity contribution >= 4 is 22.8 Å². The van der Waals surface area contributed by atoms with Crippen molar-refractivity contribution in [3.05, 3.63) is 33.9 Å². The van der Waals surface area contributed by atoms with Crippen LogP contribution in [0.5, 0.6) is 0 Å². The molecule has 6 heteroatoms. The van der Waals surface area contributed by atoms with Crippen LogP contribution < -0.4 is 0 Å². The molecule has 0 aromatic heterocycles. The first-order valence-corrected chi connectivity index (χ1v) is 5.51. The minimum absolute atomic E-state index is 0.0234. The largest absolute Gasteiger partial charge is 0.296 e. The Bertz CT molecular complexity index is 453. The molecule has 0 N–H and O–H groups in total. The molecule has 1 rings (SSSR count). The maximum atomic E-state index is 10.8. The molecule has 0 saturated carbocycles. The number of hydrogen-bond donors (Lipinski definition) is 0. The minimum atomic E-state index is -0.515. The van der Waals surface area contributed by atoms with Gasteiger partial charge in [-0.3, -0.25) is 10.1 Å². The molecule has 0 spiro atoms. The van der Waals surface area contributed by atoms with E-state index in [-0.39, 0.29) is 22.8 Å². The topological polar surface area (TPSA) is 72.6 Å². The van der Waals surface area contributed by atoms with E-state index in [0.29, 0.717) is 5.92 Å². The molecular formula is C10H12N2O3S. The van der Waals surface area contributed by atoms with Crippen molar-refractivity contribution in [3.8, 4) is 0 Å². The Hall–Kier alpha value is -1.56. The summed E-state index contributed by atoms with van der Waals surface area (Å²) in [6.07, 6.45) is 0.769. The maximum Gasteiger partial charge on any atom is 0.296 e. The first kappa shape index (κ1) is 12.5. The smallest absolute Gasteiger partial charge is 0.258 e. The Morgan fingerprint density at radius 1 is 1.50 bits per heavy atom. The molecule has 0 amide bonds. The van der Waals surface area contributed by atoms with E-state index in [4.69, 9.17) is 0 Å². The van der Waals surface area contributed by atoms with Crippen LogP contribution in [0.3, 0.4) is 0 Å². The van der Waals surface area contributed by atoms with Gasteiger partial charge in [0.2, 0.25) is 11.5 Å². The highest BCUT2D eigenvalue weighted by Gasteiger charge is 2.14. The SMILES string of the molecule is CC(C)Cc1ccc(N=S=O)c([N+](=O)[O-])c1. The number of nitro benzene ring substituents is 1. The Labute approximate surface area is 96.9 Å². The van der Waals surface area contributed by atoms with Gasteiger partial charge < -0.3 is 0 Å². The lowest BCUT2D eigenvalue weighted by atomic mass is 10.0. The van der Waals surface area contributed by atoms with Crippen molar-refractivity contribution < 1.29 is 9.13 Å². The summed E-state index contributed by atoms with van der Waals surface area (Å²) < 4.78 is 13.7. The van der Waals surface area contributed by atoms with Crippen LogP contribution in [0.1, 0.15) is 19.4 Å². The molecule has 1 aromatic carbocycles. The summed E-state index contributed by atoms with van der Waals surface area (Å²) in [6, 6.07) is 4.76. The predicted molar refractivity (Wildman–Crippen MR) is 61.9 cm³/mol. The van der Waals surface area contributed by atoms with Gasteiger partial charge in [-0.25, -0.2) is 0 Å². The lowest BCUT2D eigenvalue weighted by molar-refractivity contribution is -0.384. The molecule has 0 fully saturated rings. The second-order valence-corrected chi connectivity index (χ2v) is 4.18. The summed E-state index contributed by atoms with van der Waals surface area (Å²) in [5.74, 6) is 0.427. The van der Waals surface area contributed by atoms with Crippen molar-refractivity contribution in [1.29, 1.82) is 0 Å². The van der Waals surface area contributed by atoms with Crippen LogP contribution in [0, 0.1) is 16.0 Å². The van der Waals surface area contributed by atoms with Gasteiger partial charge in [0.15, 0.2) is 5.69 Å². The molecule has 0 unspecified atom stereocenters. The molecule has 0 aliphatic heterocycles. The van der Waals surface area contributed by atoms with Gasteiger partial charge in [-0.05, 0) is 24.0 Å².